The van der Waals surface area contributed by atoms with Crippen molar-refractivity contribution in [2.24, 2.45) is 5.92 Å². The minimum atomic E-state index is -0.965. The summed E-state index contributed by atoms with van der Waals surface area (Å²) < 4.78 is 1.97. The van der Waals surface area contributed by atoms with Crippen molar-refractivity contribution in [2.45, 2.75) is 63.8 Å². The molecular weight excluding hydrogens is 380 g/mol. The zero-order chi connectivity index (χ0) is 21.4. The zero-order valence-electron chi connectivity index (χ0n) is 18.6. The Morgan fingerprint density at radius 2 is 2.00 bits per heavy atom. The number of pyridine rings is 1. The highest BCUT2D eigenvalue weighted by molar-refractivity contribution is 5.80. The van der Waals surface area contributed by atoms with Crippen molar-refractivity contribution in [1.82, 2.24) is 19.3 Å². The molecule has 7 nitrogen and oxygen atoms in total. The van der Waals surface area contributed by atoms with Crippen molar-refractivity contribution >= 4 is 5.91 Å². The number of fused-ring (bicyclic) bond motifs is 4. The molecule has 2 saturated heterocycles. The number of aliphatic hydroxyl groups excluding tert-OH is 1. The summed E-state index contributed by atoms with van der Waals surface area (Å²) in [6.07, 6.45) is 3.70. The van der Waals surface area contributed by atoms with Gasteiger partial charge in [0.15, 0.2) is 0 Å². The maximum Gasteiger partial charge on any atom is 0.255 e. The third-order valence-corrected chi connectivity index (χ3v) is 7.21. The predicted molar refractivity (Wildman–Crippen MR) is 116 cm³/mol. The van der Waals surface area contributed by atoms with E-state index in [4.69, 9.17) is 0 Å². The molecule has 0 aliphatic carbocycles. The van der Waals surface area contributed by atoms with Crippen LogP contribution < -0.4 is 5.56 Å². The second-order valence-corrected chi connectivity index (χ2v) is 9.77. The van der Waals surface area contributed by atoms with E-state index < -0.39 is 6.10 Å². The molecule has 166 valence electrons. The first-order valence-corrected chi connectivity index (χ1v) is 11.4. The quantitative estimate of drug-likeness (QED) is 0.796. The maximum atomic E-state index is 13.3. The number of amides is 1. The van der Waals surface area contributed by atoms with E-state index in [1.54, 1.807) is 4.90 Å². The van der Waals surface area contributed by atoms with Crippen molar-refractivity contribution < 1.29 is 9.90 Å². The number of aromatic nitrogens is 1. The molecule has 4 rings (SSSR count). The zero-order valence-corrected chi connectivity index (χ0v) is 18.6. The smallest absolute Gasteiger partial charge is 0.255 e. The van der Waals surface area contributed by atoms with E-state index in [0.717, 1.165) is 30.8 Å². The first-order chi connectivity index (χ1) is 14.3. The van der Waals surface area contributed by atoms with Crippen molar-refractivity contribution in [2.75, 3.05) is 40.3 Å². The molecule has 0 spiro atoms. The molecule has 1 N–H and O–H groups in total. The monoisotopic (exact) mass is 416 g/mol. The van der Waals surface area contributed by atoms with Gasteiger partial charge in [0.1, 0.15) is 6.10 Å². The molecular formula is C23H36N4O3. The molecule has 3 aliphatic heterocycles. The molecule has 2 bridgehead atoms. The number of hydrogen-bond acceptors (Lipinski definition) is 5. The number of hydrogen-bond donors (Lipinski definition) is 1. The number of carbonyl (C=O) groups is 1. The summed E-state index contributed by atoms with van der Waals surface area (Å²) in [6, 6.07) is 4.67. The molecule has 1 aromatic heterocycles. The van der Waals surface area contributed by atoms with Gasteiger partial charge in [0.05, 0.1) is 0 Å². The Kier molecular flexibility index (Phi) is 6.32. The van der Waals surface area contributed by atoms with Gasteiger partial charge in [-0.2, -0.15) is 0 Å². The summed E-state index contributed by atoms with van der Waals surface area (Å²) in [7, 11) is 4.29. The number of likely N-dealkylation sites (tertiary alicyclic amines) is 2. The topological polar surface area (TPSA) is 69.0 Å². The Labute approximate surface area is 179 Å². The summed E-state index contributed by atoms with van der Waals surface area (Å²) in [5.74, 6) is 0.259. The fraction of sp³-hybridized carbons (Fsp3) is 0.739. The van der Waals surface area contributed by atoms with E-state index in [1.807, 2.05) is 10.6 Å². The fourth-order valence-electron chi connectivity index (χ4n) is 5.56. The van der Waals surface area contributed by atoms with Gasteiger partial charge in [-0.25, -0.2) is 0 Å². The lowest BCUT2D eigenvalue weighted by Crippen LogP contribution is -2.51. The van der Waals surface area contributed by atoms with Gasteiger partial charge >= 0.3 is 0 Å². The Balaban J connectivity index is 1.53. The molecule has 1 aromatic rings. The van der Waals surface area contributed by atoms with Crippen LogP contribution in [0.3, 0.4) is 0 Å². The van der Waals surface area contributed by atoms with Crippen LogP contribution in [0.15, 0.2) is 16.9 Å². The average molecular weight is 417 g/mol. The van der Waals surface area contributed by atoms with Gasteiger partial charge in [-0.1, -0.05) is 12.5 Å². The summed E-state index contributed by atoms with van der Waals surface area (Å²) in [5, 5.41) is 9.69. The van der Waals surface area contributed by atoms with Gasteiger partial charge in [0, 0.05) is 55.9 Å². The van der Waals surface area contributed by atoms with Crippen LogP contribution in [0.4, 0.5) is 0 Å². The number of carbonyl (C=O) groups excluding carboxylic acids is 1. The highest BCUT2D eigenvalue weighted by Crippen LogP contribution is 2.35. The van der Waals surface area contributed by atoms with Gasteiger partial charge in [0.2, 0.25) is 0 Å². The number of nitrogens with zero attached hydrogens (tertiary/aromatic N) is 4. The first-order valence-electron chi connectivity index (χ1n) is 11.4. The molecule has 4 heterocycles. The second kappa shape index (κ2) is 8.81. The van der Waals surface area contributed by atoms with Crippen LogP contribution in [-0.4, -0.2) is 82.7 Å². The van der Waals surface area contributed by atoms with Crippen LogP contribution in [-0.2, 0) is 17.9 Å². The Hall–Kier alpha value is -1.70. The van der Waals surface area contributed by atoms with Crippen LogP contribution in [0.25, 0.3) is 0 Å². The van der Waals surface area contributed by atoms with Crippen molar-refractivity contribution in [3.8, 4) is 0 Å². The van der Waals surface area contributed by atoms with Crippen LogP contribution in [0.5, 0.6) is 0 Å². The largest absolute Gasteiger partial charge is 0.384 e. The minimum absolute atomic E-state index is 0.142. The molecule has 0 radical (unpaired) electrons. The number of aliphatic hydroxyl groups is 1. The third-order valence-electron chi connectivity index (χ3n) is 7.21. The molecule has 0 aromatic carbocycles. The van der Waals surface area contributed by atoms with Gasteiger partial charge in [0.25, 0.3) is 11.5 Å². The summed E-state index contributed by atoms with van der Waals surface area (Å²) >= 11 is 0. The first kappa shape index (κ1) is 21.5. The molecule has 7 heteroatoms. The molecule has 2 fully saturated rings. The van der Waals surface area contributed by atoms with Crippen molar-refractivity contribution in [3.63, 3.8) is 0 Å². The second-order valence-electron chi connectivity index (χ2n) is 9.77. The third kappa shape index (κ3) is 4.34. The lowest BCUT2D eigenvalue weighted by atomic mass is 9.82. The molecule has 4 atom stereocenters. The van der Waals surface area contributed by atoms with E-state index in [-0.39, 0.29) is 23.3 Å². The van der Waals surface area contributed by atoms with E-state index in [9.17, 15) is 14.7 Å². The summed E-state index contributed by atoms with van der Waals surface area (Å²) in [4.78, 5) is 32.2. The standard InChI is InChI=1S/C23H36N4O3/c1-16(28)22(29)26-11-17-10-19(14-26)21-8-7-18(23(30)27(21)12-17)13-25-9-5-4-6-20(15-25)24(2)3/h7-8,16-17,19-20,28H,4-6,9-15H2,1-3H3/t16-,17+,19-,20+/m1/s1. The summed E-state index contributed by atoms with van der Waals surface area (Å²) in [6.45, 7) is 6.20. The van der Waals surface area contributed by atoms with Gasteiger partial charge in [-0.05, 0) is 58.8 Å². The Morgan fingerprint density at radius 1 is 1.20 bits per heavy atom. The van der Waals surface area contributed by atoms with Gasteiger partial charge in [-0.15, -0.1) is 0 Å². The fourth-order valence-corrected chi connectivity index (χ4v) is 5.56. The molecule has 1 amide bonds. The van der Waals surface area contributed by atoms with E-state index in [1.165, 1.54) is 26.2 Å². The SMILES string of the molecule is C[C@@H](O)C(=O)N1C[C@@H]2C[C@H](C1)c1ccc(CN3CCCC[C@H](N(C)C)C3)c(=O)n1C2. The van der Waals surface area contributed by atoms with E-state index in [0.29, 0.717) is 32.2 Å². The van der Waals surface area contributed by atoms with E-state index in [2.05, 4.69) is 30.0 Å². The maximum absolute atomic E-state index is 13.3. The lowest BCUT2D eigenvalue weighted by molar-refractivity contribution is -0.142. The van der Waals surface area contributed by atoms with Crippen LogP contribution in [0.2, 0.25) is 0 Å². The van der Waals surface area contributed by atoms with E-state index >= 15 is 0 Å². The van der Waals surface area contributed by atoms with Crippen molar-refractivity contribution in [1.29, 1.82) is 0 Å². The number of rotatable bonds is 4. The normalized spacial score (nSPS) is 28.2. The predicted octanol–water partition coefficient (Wildman–Crippen LogP) is 1.09. The number of piperidine rings is 1. The van der Waals surface area contributed by atoms with Crippen LogP contribution >= 0.6 is 0 Å². The molecule has 3 aliphatic rings. The molecule has 0 saturated carbocycles. The Bertz CT molecular complexity index is 834. The molecule has 30 heavy (non-hydrogen) atoms. The highest BCUT2D eigenvalue weighted by Gasteiger charge is 2.37. The average Bonchev–Trinajstić information content (AvgIpc) is 2.95. The lowest BCUT2D eigenvalue weighted by Gasteiger charge is -2.43. The Morgan fingerprint density at radius 3 is 2.73 bits per heavy atom. The summed E-state index contributed by atoms with van der Waals surface area (Å²) in [5.41, 5.74) is 2.07. The molecule has 0 unspecified atom stereocenters. The van der Waals surface area contributed by atoms with Crippen LogP contribution in [0.1, 0.15) is 49.8 Å². The van der Waals surface area contributed by atoms with Crippen LogP contribution in [0, 0.1) is 5.92 Å². The highest BCUT2D eigenvalue weighted by atomic mass is 16.3. The van der Waals surface area contributed by atoms with Gasteiger partial charge < -0.3 is 19.5 Å². The van der Waals surface area contributed by atoms with Gasteiger partial charge in [-0.3, -0.25) is 14.5 Å². The number of likely N-dealkylation sites (N-methyl/N-ethyl adjacent to an activating group) is 1. The van der Waals surface area contributed by atoms with Crippen molar-refractivity contribution in [3.05, 3.63) is 33.7 Å². The minimum Gasteiger partial charge on any atom is -0.384 e.